The molecule has 0 spiro atoms. The second-order valence-electron chi connectivity index (χ2n) is 10.8. The van der Waals surface area contributed by atoms with E-state index in [0.29, 0.717) is 17.1 Å². The highest BCUT2D eigenvalue weighted by Crippen LogP contribution is 2.51. The molecule has 0 amide bonds. The van der Waals surface area contributed by atoms with Gasteiger partial charge in [-0.05, 0) is 79.7 Å². The molecule has 0 N–H and O–H groups in total. The lowest BCUT2D eigenvalue weighted by Crippen LogP contribution is -2.35. The lowest BCUT2D eigenvalue weighted by Gasteiger charge is -2.40. The molecule has 2 aliphatic heterocycles. The molecule has 2 aliphatic rings. The van der Waals surface area contributed by atoms with E-state index in [9.17, 15) is 5.26 Å². The number of nitriles is 1. The van der Waals surface area contributed by atoms with Gasteiger partial charge in [0.15, 0.2) is 0 Å². The van der Waals surface area contributed by atoms with E-state index in [1.165, 1.54) is 0 Å². The Morgan fingerprint density at radius 1 is 1.10 bits per heavy atom. The van der Waals surface area contributed by atoms with Crippen LogP contribution < -0.4 is 14.4 Å². The molecular formula is C33H35N3O3. The molecule has 0 unspecified atom stereocenters. The Morgan fingerprint density at radius 3 is 2.38 bits per heavy atom. The summed E-state index contributed by atoms with van der Waals surface area (Å²) in [4.78, 5) is 5.67. The van der Waals surface area contributed by atoms with Crippen LogP contribution in [0.4, 0.5) is 5.69 Å². The lowest BCUT2D eigenvalue weighted by molar-refractivity contribution is 0.368. The van der Waals surface area contributed by atoms with Crippen LogP contribution >= 0.6 is 0 Å². The highest BCUT2D eigenvalue weighted by atomic mass is 16.5. The zero-order chi connectivity index (χ0) is 28.5. The van der Waals surface area contributed by atoms with Crippen LogP contribution in [0.3, 0.4) is 0 Å². The largest absolute Gasteiger partial charge is 0.496 e. The number of nitrogens with zero attached hydrogens (tertiary/aromatic N) is 3. The molecular weight excluding hydrogens is 486 g/mol. The van der Waals surface area contributed by atoms with Gasteiger partial charge in [-0.3, -0.25) is 0 Å². The third-order valence-corrected chi connectivity index (χ3v) is 7.45. The summed E-state index contributed by atoms with van der Waals surface area (Å²) in [5, 5.41) is 9.61. The van der Waals surface area contributed by atoms with E-state index in [2.05, 4.69) is 49.7 Å². The van der Waals surface area contributed by atoms with Crippen molar-refractivity contribution in [2.45, 2.75) is 46.5 Å². The maximum absolute atomic E-state index is 9.61. The van der Waals surface area contributed by atoms with Crippen molar-refractivity contribution in [1.29, 1.82) is 5.26 Å². The number of methoxy groups -OCH3 is 2. The zero-order valence-corrected chi connectivity index (χ0v) is 24.0. The summed E-state index contributed by atoms with van der Waals surface area (Å²) in [7, 11) is 5.46. The number of anilines is 1. The molecule has 0 fully saturated rings. The zero-order valence-electron chi connectivity index (χ0n) is 24.0. The molecule has 0 saturated heterocycles. The minimum Gasteiger partial charge on any atom is -0.496 e. The van der Waals surface area contributed by atoms with Gasteiger partial charge in [-0.25, -0.2) is 10.1 Å². The first-order valence-corrected chi connectivity index (χ1v) is 12.9. The third kappa shape index (κ3) is 5.16. The molecule has 0 aromatic heterocycles. The Kier molecular flexibility index (Phi) is 7.61. The van der Waals surface area contributed by atoms with Gasteiger partial charge in [-0.2, -0.15) is 0 Å². The van der Waals surface area contributed by atoms with Gasteiger partial charge in [0.2, 0.25) is 0 Å². The molecule has 39 heavy (non-hydrogen) atoms. The van der Waals surface area contributed by atoms with E-state index in [1.807, 2.05) is 38.1 Å². The molecule has 2 aromatic rings. The predicted molar refractivity (Wildman–Crippen MR) is 157 cm³/mol. The highest BCUT2D eigenvalue weighted by molar-refractivity contribution is 5.79. The Balaban J connectivity index is 1.85. The monoisotopic (exact) mass is 521 g/mol. The molecule has 6 nitrogen and oxygen atoms in total. The molecule has 0 atom stereocenters. The maximum Gasteiger partial charge on any atom is 0.269 e. The standard InChI is InChI=1S/C33H35N3O3/c1-20-14-21(2)29(22(3)15-20)27-18-24(26(19-34)35-6)16-25(39-27)11-10-23-17-28(37-8)31-30(32(23)38-9)33(4,5)12-13-36(31)7/h10-11,14-18H,12-13H2,1-5,7-9H3/b11-10+,26-24-. The minimum absolute atomic E-state index is 0.0157. The van der Waals surface area contributed by atoms with Gasteiger partial charge < -0.3 is 19.1 Å². The fourth-order valence-corrected chi connectivity index (χ4v) is 5.60. The lowest BCUT2D eigenvalue weighted by atomic mass is 9.76. The van der Waals surface area contributed by atoms with Crippen molar-refractivity contribution in [3.05, 3.63) is 98.3 Å². The summed E-state index contributed by atoms with van der Waals surface area (Å²) < 4.78 is 18.2. The molecule has 4 rings (SSSR count). The van der Waals surface area contributed by atoms with E-state index in [0.717, 1.165) is 63.5 Å². The van der Waals surface area contributed by atoms with Gasteiger partial charge in [0.25, 0.3) is 5.70 Å². The number of ether oxygens (including phenoxy) is 3. The van der Waals surface area contributed by atoms with E-state index in [1.54, 1.807) is 26.4 Å². The predicted octanol–water partition coefficient (Wildman–Crippen LogP) is 7.41. The number of benzene rings is 2. The molecule has 2 heterocycles. The average Bonchev–Trinajstić information content (AvgIpc) is 2.89. The Bertz CT molecular complexity index is 1500. The number of hydrogen-bond acceptors (Lipinski definition) is 5. The molecule has 6 heteroatoms. The van der Waals surface area contributed by atoms with Crippen LogP contribution in [0.15, 0.2) is 53.5 Å². The van der Waals surface area contributed by atoms with Gasteiger partial charge in [0, 0.05) is 30.3 Å². The van der Waals surface area contributed by atoms with Crippen molar-refractivity contribution in [3.63, 3.8) is 0 Å². The average molecular weight is 522 g/mol. The number of rotatable bonds is 5. The smallest absolute Gasteiger partial charge is 0.269 e. The highest BCUT2D eigenvalue weighted by Gasteiger charge is 2.36. The molecule has 0 saturated carbocycles. The first-order chi connectivity index (χ1) is 18.5. The fraction of sp³-hybridized carbons (Fsp3) is 0.333. The maximum atomic E-state index is 9.61. The van der Waals surface area contributed by atoms with E-state index >= 15 is 0 Å². The summed E-state index contributed by atoms with van der Waals surface area (Å²) >= 11 is 0. The second kappa shape index (κ2) is 10.8. The van der Waals surface area contributed by atoms with Crippen LogP contribution in [0, 0.1) is 38.7 Å². The molecule has 200 valence electrons. The SMILES string of the molecule is [C-]#[N+]/C(C#N)=C1C=C(/C=C/c2cc(OC)c3c(c2OC)C(C)(C)CCN3C)OC(c2c(C)cc(C)cc2C)=C/1. The fourth-order valence-electron chi connectivity index (χ4n) is 5.60. The van der Waals surface area contributed by atoms with Gasteiger partial charge in [-0.15, -0.1) is 0 Å². The van der Waals surface area contributed by atoms with Gasteiger partial charge in [-0.1, -0.05) is 31.5 Å². The number of allylic oxidation sites excluding steroid dienone is 5. The van der Waals surface area contributed by atoms with Crippen molar-refractivity contribution < 1.29 is 14.2 Å². The van der Waals surface area contributed by atoms with Crippen molar-refractivity contribution in [3.8, 4) is 17.6 Å². The van der Waals surface area contributed by atoms with Gasteiger partial charge in [0.05, 0.1) is 32.5 Å². The Hall–Kier alpha value is -4.42. The molecule has 0 radical (unpaired) electrons. The summed E-state index contributed by atoms with van der Waals surface area (Å²) in [6.45, 7) is 19.1. The van der Waals surface area contributed by atoms with Crippen LogP contribution in [0.2, 0.25) is 0 Å². The van der Waals surface area contributed by atoms with Crippen LogP contribution in [-0.4, -0.2) is 27.8 Å². The quantitative estimate of drug-likeness (QED) is 0.303. The van der Waals surface area contributed by atoms with Gasteiger partial charge >= 0.3 is 0 Å². The van der Waals surface area contributed by atoms with Crippen LogP contribution in [-0.2, 0) is 10.2 Å². The Morgan fingerprint density at radius 2 is 1.79 bits per heavy atom. The van der Waals surface area contributed by atoms with Crippen molar-refractivity contribution in [2.75, 3.05) is 32.7 Å². The van der Waals surface area contributed by atoms with Crippen LogP contribution in [0.25, 0.3) is 16.7 Å². The summed E-state index contributed by atoms with van der Waals surface area (Å²) in [6.07, 6.45) is 8.29. The van der Waals surface area contributed by atoms with Crippen LogP contribution in [0.5, 0.6) is 11.5 Å². The molecule has 0 bridgehead atoms. The normalized spacial score (nSPS) is 17.3. The second-order valence-corrected chi connectivity index (χ2v) is 10.8. The first kappa shape index (κ1) is 27.6. The molecule has 2 aromatic carbocycles. The van der Waals surface area contributed by atoms with Gasteiger partial charge in [0.1, 0.15) is 23.0 Å². The summed E-state index contributed by atoms with van der Waals surface area (Å²) in [6, 6.07) is 8.21. The van der Waals surface area contributed by atoms with Crippen molar-refractivity contribution in [2.24, 2.45) is 0 Å². The van der Waals surface area contributed by atoms with E-state index in [-0.39, 0.29) is 11.1 Å². The van der Waals surface area contributed by atoms with E-state index < -0.39 is 0 Å². The number of aryl methyl sites for hydroxylation is 3. The summed E-state index contributed by atoms with van der Waals surface area (Å²) in [5.74, 6) is 2.71. The Labute approximate surface area is 231 Å². The molecule has 0 aliphatic carbocycles. The van der Waals surface area contributed by atoms with Crippen LogP contribution in [0.1, 0.15) is 53.6 Å². The number of hydrogen-bond donors (Lipinski definition) is 0. The topological polar surface area (TPSA) is 59.1 Å². The number of fused-ring (bicyclic) bond motifs is 1. The summed E-state index contributed by atoms with van der Waals surface area (Å²) in [5.41, 5.74) is 7.71. The third-order valence-electron chi connectivity index (χ3n) is 7.45. The van der Waals surface area contributed by atoms with Crippen molar-refractivity contribution >= 4 is 17.5 Å². The van der Waals surface area contributed by atoms with E-state index in [4.69, 9.17) is 20.8 Å². The minimum atomic E-state index is -0.103. The first-order valence-electron chi connectivity index (χ1n) is 12.9. The van der Waals surface area contributed by atoms with Crippen molar-refractivity contribution in [1.82, 2.24) is 0 Å².